The van der Waals surface area contributed by atoms with Crippen molar-refractivity contribution in [3.63, 3.8) is 0 Å². The molecule has 0 aliphatic rings. The van der Waals surface area contributed by atoms with E-state index >= 15 is 0 Å². The zero-order valence-electron chi connectivity index (χ0n) is 5.35. The molecule has 0 bridgehead atoms. The summed E-state index contributed by atoms with van der Waals surface area (Å²) in [4.78, 5) is 9.37. The number of aliphatic carboxylic acids is 1. The molecular formula is C6H12O2. The van der Waals surface area contributed by atoms with Crippen molar-refractivity contribution in [2.24, 2.45) is 0 Å². The lowest BCUT2D eigenvalue weighted by Crippen LogP contribution is -1.86. The van der Waals surface area contributed by atoms with Gasteiger partial charge in [0.15, 0.2) is 0 Å². The van der Waals surface area contributed by atoms with E-state index in [4.69, 9.17) is 5.11 Å². The third-order valence-corrected chi connectivity index (χ3v) is 0.302. The first kappa shape index (κ1) is 10.2. The van der Waals surface area contributed by atoms with E-state index in [0.717, 1.165) is 0 Å². The first-order valence-electron chi connectivity index (χ1n) is 2.47. The maximum absolute atomic E-state index is 9.37. The predicted octanol–water partition coefficient (Wildman–Crippen LogP) is 1.67. The Balaban J connectivity index is 0. The van der Waals surface area contributed by atoms with Gasteiger partial charge in [0.25, 0.3) is 0 Å². The molecule has 0 aliphatic heterocycles. The molecule has 0 aliphatic carbocycles. The molecule has 0 saturated carbocycles. The van der Waals surface area contributed by atoms with E-state index in [1.807, 2.05) is 6.92 Å². The molecule has 0 atom stereocenters. The average molecular weight is 116 g/mol. The summed E-state index contributed by atoms with van der Waals surface area (Å²) in [5.74, 6) is -0.745. The highest BCUT2D eigenvalue weighted by Gasteiger charge is 1.80. The molecule has 0 unspecified atom stereocenters. The Morgan fingerprint density at radius 1 is 1.88 bits per heavy atom. The molecule has 0 amide bonds. The van der Waals surface area contributed by atoms with Crippen LogP contribution in [0.25, 0.3) is 0 Å². The summed E-state index contributed by atoms with van der Waals surface area (Å²) in [6.45, 7) is 6.85. The molecule has 1 N–H and O–H groups in total. The van der Waals surface area contributed by atoms with Gasteiger partial charge < -0.3 is 5.11 Å². The van der Waals surface area contributed by atoms with E-state index in [2.05, 4.69) is 6.58 Å². The Morgan fingerprint density at radius 3 is 2.00 bits per heavy atom. The minimum absolute atomic E-state index is 0.222. The van der Waals surface area contributed by atoms with Gasteiger partial charge in [-0.15, -0.1) is 6.58 Å². The van der Waals surface area contributed by atoms with Gasteiger partial charge in [0.1, 0.15) is 0 Å². The van der Waals surface area contributed by atoms with E-state index in [-0.39, 0.29) is 6.42 Å². The van der Waals surface area contributed by atoms with E-state index < -0.39 is 5.97 Å². The normalized spacial score (nSPS) is 6.25. The van der Waals surface area contributed by atoms with Gasteiger partial charge in [0.2, 0.25) is 0 Å². The summed E-state index contributed by atoms with van der Waals surface area (Å²) >= 11 is 0. The topological polar surface area (TPSA) is 37.3 Å². The molecule has 0 saturated heterocycles. The van der Waals surface area contributed by atoms with Crippen molar-refractivity contribution < 1.29 is 9.90 Å². The molecule has 0 aromatic heterocycles. The lowest BCUT2D eigenvalue weighted by atomic mass is 10.5. The van der Waals surface area contributed by atoms with Crippen LogP contribution in [0.5, 0.6) is 0 Å². The molecule has 8 heavy (non-hydrogen) atoms. The largest absolute Gasteiger partial charge is 0.481 e. The molecular weight excluding hydrogens is 104 g/mol. The first-order chi connectivity index (χ1) is 3.68. The fraction of sp³-hybridized carbons (Fsp3) is 0.500. The van der Waals surface area contributed by atoms with Crippen molar-refractivity contribution in [3.05, 3.63) is 12.7 Å². The van der Waals surface area contributed by atoms with Crippen LogP contribution in [0.4, 0.5) is 0 Å². The number of rotatable bonds is 1. The van der Waals surface area contributed by atoms with Gasteiger partial charge in [-0.3, -0.25) is 4.79 Å². The third-order valence-electron chi connectivity index (χ3n) is 0.302. The van der Waals surface area contributed by atoms with E-state index in [1.165, 1.54) is 0 Å². The number of hydrogen-bond acceptors (Lipinski definition) is 1. The minimum Gasteiger partial charge on any atom is -0.481 e. The molecule has 2 heteroatoms. The molecule has 0 aromatic rings. The Labute approximate surface area is 49.8 Å². The van der Waals surface area contributed by atoms with Gasteiger partial charge in [-0.1, -0.05) is 13.0 Å². The molecule has 0 heterocycles. The van der Waals surface area contributed by atoms with Crippen LogP contribution in [0.1, 0.15) is 20.3 Å². The molecule has 0 aromatic carbocycles. The third kappa shape index (κ3) is 63.1. The van der Waals surface area contributed by atoms with Crippen LogP contribution in [0.2, 0.25) is 0 Å². The van der Waals surface area contributed by atoms with Crippen LogP contribution in [-0.2, 0) is 4.79 Å². The maximum atomic E-state index is 9.37. The summed E-state index contributed by atoms with van der Waals surface area (Å²) < 4.78 is 0. The molecule has 0 fully saturated rings. The Hall–Kier alpha value is -0.790. The van der Waals surface area contributed by atoms with Gasteiger partial charge in [0.05, 0.1) is 0 Å². The van der Waals surface area contributed by atoms with Gasteiger partial charge in [-0.2, -0.15) is 0 Å². The molecule has 0 radical (unpaired) electrons. The van der Waals surface area contributed by atoms with Crippen molar-refractivity contribution in [1.82, 2.24) is 0 Å². The first-order valence-corrected chi connectivity index (χ1v) is 2.47. The van der Waals surface area contributed by atoms with E-state index in [1.54, 1.807) is 13.0 Å². The van der Waals surface area contributed by atoms with Crippen molar-refractivity contribution in [3.8, 4) is 0 Å². The SMILES string of the molecule is C=CC.CCC(=O)O. The van der Waals surface area contributed by atoms with Gasteiger partial charge >= 0.3 is 5.97 Å². The Bertz CT molecular complexity index is 66.9. The number of carboxylic acids is 1. The fourth-order valence-corrected chi connectivity index (χ4v) is 0. The van der Waals surface area contributed by atoms with Crippen LogP contribution in [0.15, 0.2) is 12.7 Å². The minimum atomic E-state index is -0.745. The second-order valence-electron chi connectivity index (χ2n) is 1.16. The second-order valence-corrected chi connectivity index (χ2v) is 1.16. The summed E-state index contributed by atoms with van der Waals surface area (Å²) in [5, 5.41) is 7.72. The summed E-state index contributed by atoms with van der Waals surface area (Å²) in [7, 11) is 0. The zero-order chi connectivity index (χ0) is 6.99. The summed E-state index contributed by atoms with van der Waals surface area (Å²) in [5.41, 5.74) is 0. The summed E-state index contributed by atoms with van der Waals surface area (Å²) in [6.07, 6.45) is 1.97. The molecule has 2 nitrogen and oxygen atoms in total. The summed E-state index contributed by atoms with van der Waals surface area (Å²) in [6, 6.07) is 0. The lowest BCUT2D eigenvalue weighted by Gasteiger charge is -1.71. The highest BCUT2D eigenvalue weighted by molar-refractivity contribution is 5.66. The second kappa shape index (κ2) is 9.51. The molecule has 0 rings (SSSR count). The Morgan fingerprint density at radius 2 is 2.00 bits per heavy atom. The van der Waals surface area contributed by atoms with Crippen LogP contribution < -0.4 is 0 Å². The molecule has 0 spiro atoms. The Kier molecular flexibility index (Phi) is 12.2. The smallest absolute Gasteiger partial charge is 0.303 e. The predicted molar refractivity (Wildman–Crippen MR) is 33.8 cm³/mol. The lowest BCUT2D eigenvalue weighted by molar-refractivity contribution is -0.136. The van der Waals surface area contributed by atoms with Crippen molar-refractivity contribution in [2.45, 2.75) is 20.3 Å². The standard InChI is InChI=1S/C3H6O2.C3H6/c1-2-3(4)5;1-3-2/h2H2,1H3,(H,4,5);3H,1H2,2H3. The number of carboxylic acid groups (broad SMARTS) is 1. The monoisotopic (exact) mass is 116 g/mol. The molecule has 48 valence electrons. The van der Waals surface area contributed by atoms with Gasteiger partial charge in [0, 0.05) is 6.42 Å². The number of hydrogen-bond donors (Lipinski definition) is 1. The number of allylic oxidation sites excluding steroid dienone is 1. The van der Waals surface area contributed by atoms with Crippen molar-refractivity contribution >= 4 is 5.97 Å². The number of carbonyl (C=O) groups is 1. The van der Waals surface area contributed by atoms with Gasteiger partial charge in [-0.25, -0.2) is 0 Å². The fourth-order valence-electron chi connectivity index (χ4n) is 0. The van der Waals surface area contributed by atoms with E-state index in [9.17, 15) is 4.79 Å². The van der Waals surface area contributed by atoms with Crippen LogP contribution >= 0.6 is 0 Å². The highest BCUT2D eigenvalue weighted by atomic mass is 16.4. The average Bonchev–Trinajstić information content (AvgIpc) is 1.69. The highest BCUT2D eigenvalue weighted by Crippen LogP contribution is 1.67. The maximum Gasteiger partial charge on any atom is 0.303 e. The quantitative estimate of drug-likeness (QED) is 0.529. The van der Waals surface area contributed by atoms with Gasteiger partial charge in [-0.05, 0) is 6.92 Å². The zero-order valence-corrected chi connectivity index (χ0v) is 5.35. The van der Waals surface area contributed by atoms with Crippen molar-refractivity contribution in [1.29, 1.82) is 0 Å². The van der Waals surface area contributed by atoms with Crippen LogP contribution in [0, 0.1) is 0 Å². The van der Waals surface area contributed by atoms with Crippen LogP contribution in [-0.4, -0.2) is 11.1 Å². The van der Waals surface area contributed by atoms with Crippen molar-refractivity contribution in [2.75, 3.05) is 0 Å². The van der Waals surface area contributed by atoms with E-state index in [0.29, 0.717) is 0 Å². The van der Waals surface area contributed by atoms with Crippen LogP contribution in [0.3, 0.4) is 0 Å².